The van der Waals surface area contributed by atoms with Gasteiger partial charge in [0.1, 0.15) is 0 Å². The number of ether oxygens (including phenoxy) is 1. The van der Waals surface area contributed by atoms with Crippen LogP contribution in [0.2, 0.25) is 0 Å². The second-order valence-electron chi connectivity index (χ2n) is 4.34. The molecule has 2 heteroatoms. The van der Waals surface area contributed by atoms with Crippen LogP contribution >= 0.6 is 0 Å². The number of hydrogen-bond donors (Lipinski definition) is 1. The molecule has 1 heterocycles. The highest BCUT2D eigenvalue weighted by Gasteiger charge is 2.26. The Morgan fingerprint density at radius 3 is 2.77 bits per heavy atom. The molecule has 13 heavy (non-hydrogen) atoms. The van der Waals surface area contributed by atoms with E-state index >= 15 is 0 Å². The second-order valence-corrected chi connectivity index (χ2v) is 4.34. The number of nitrogens with one attached hydrogen (secondary N) is 1. The molecule has 0 aromatic rings. The van der Waals surface area contributed by atoms with Gasteiger partial charge in [0.15, 0.2) is 0 Å². The minimum atomic E-state index is 0.471. The van der Waals surface area contributed by atoms with Crippen LogP contribution in [0.5, 0.6) is 0 Å². The third-order valence-electron chi connectivity index (χ3n) is 2.78. The van der Waals surface area contributed by atoms with Crippen LogP contribution in [0.1, 0.15) is 40.0 Å². The lowest BCUT2D eigenvalue weighted by atomic mass is 10.0. The molecule has 1 saturated heterocycles. The van der Waals surface area contributed by atoms with Gasteiger partial charge in [-0.15, -0.1) is 0 Å². The van der Waals surface area contributed by atoms with E-state index in [0.29, 0.717) is 12.1 Å². The van der Waals surface area contributed by atoms with Crippen molar-refractivity contribution in [2.75, 3.05) is 13.2 Å². The van der Waals surface area contributed by atoms with E-state index in [4.69, 9.17) is 4.74 Å². The standard InChI is InChI=1S/C11H23NO/c1-4-5-6-13-10-7-11(9(2)3)12-8-10/h9-12H,4-8H2,1-3H3. The van der Waals surface area contributed by atoms with Gasteiger partial charge < -0.3 is 10.1 Å². The SMILES string of the molecule is CCCCOC1CNC(C(C)C)C1. The van der Waals surface area contributed by atoms with E-state index in [-0.39, 0.29) is 0 Å². The number of rotatable bonds is 5. The highest BCUT2D eigenvalue weighted by Crippen LogP contribution is 2.16. The molecule has 1 fully saturated rings. The zero-order chi connectivity index (χ0) is 9.68. The summed E-state index contributed by atoms with van der Waals surface area (Å²) < 4.78 is 5.76. The lowest BCUT2D eigenvalue weighted by Crippen LogP contribution is -2.26. The topological polar surface area (TPSA) is 21.3 Å². The summed E-state index contributed by atoms with van der Waals surface area (Å²) in [5, 5.41) is 3.51. The van der Waals surface area contributed by atoms with Gasteiger partial charge in [-0.05, 0) is 18.8 Å². The average Bonchev–Trinajstić information content (AvgIpc) is 2.53. The molecule has 1 aliphatic rings. The van der Waals surface area contributed by atoms with Crippen LogP contribution in [-0.2, 0) is 4.74 Å². The summed E-state index contributed by atoms with van der Waals surface area (Å²) in [4.78, 5) is 0. The lowest BCUT2D eigenvalue weighted by molar-refractivity contribution is 0.0625. The second kappa shape index (κ2) is 5.61. The van der Waals surface area contributed by atoms with Crippen LogP contribution in [-0.4, -0.2) is 25.3 Å². The van der Waals surface area contributed by atoms with Crippen molar-refractivity contribution < 1.29 is 4.74 Å². The van der Waals surface area contributed by atoms with Gasteiger partial charge >= 0.3 is 0 Å². The molecule has 1 N–H and O–H groups in total. The number of hydrogen-bond acceptors (Lipinski definition) is 2. The van der Waals surface area contributed by atoms with Crippen molar-refractivity contribution in [2.24, 2.45) is 5.92 Å². The van der Waals surface area contributed by atoms with Crippen molar-refractivity contribution in [2.45, 2.75) is 52.2 Å². The first-order chi connectivity index (χ1) is 6.24. The average molecular weight is 185 g/mol. The Balaban J connectivity index is 2.10. The molecule has 0 radical (unpaired) electrons. The van der Waals surface area contributed by atoms with E-state index in [1.165, 1.54) is 19.3 Å². The molecular formula is C11H23NO. The molecule has 1 rings (SSSR count). The minimum Gasteiger partial charge on any atom is -0.377 e. The van der Waals surface area contributed by atoms with Gasteiger partial charge in [0.25, 0.3) is 0 Å². The Kier molecular flexibility index (Phi) is 4.74. The molecule has 2 unspecified atom stereocenters. The van der Waals surface area contributed by atoms with Gasteiger partial charge in [-0.2, -0.15) is 0 Å². The maximum atomic E-state index is 5.76. The maximum Gasteiger partial charge on any atom is 0.0714 e. The van der Waals surface area contributed by atoms with E-state index in [1.54, 1.807) is 0 Å². The third-order valence-corrected chi connectivity index (χ3v) is 2.78. The highest BCUT2D eigenvalue weighted by atomic mass is 16.5. The Hall–Kier alpha value is -0.0800. The molecule has 0 aliphatic carbocycles. The van der Waals surface area contributed by atoms with Gasteiger partial charge in [0, 0.05) is 19.2 Å². The summed E-state index contributed by atoms with van der Waals surface area (Å²) in [7, 11) is 0. The first-order valence-corrected chi connectivity index (χ1v) is 5.59. The van der Waals surface area contributed by atoms with E-state index < -0.39 is 0 Å². The summed E-state index contributed by atoms with van der Waals surface area (Å²) in [6.07, 6.45) is 4.09. The quantitative estimate of drug-likeness (QED) is 0.663. The van der Waals surface area contributed by atoms with Crippen molar-refractivity contribution in [1.82, 2.24) is 5.32 Å². The normalized spacial score (nSPS) is 28.6. The maximum absolute atomic E-state index is 5.76. The number of unbranched alkanes of at least 4 members (excludes halogenated alkanes) is 1. The molecule has 0 bridgehead atoms. The monoisotopic (exact) mass is 185 g/mol. The first-order valence-electron chi connectivity index (χ1n) is 5.59. The fraction of sp³-hybridized carbons (Fsp3) is 1.00. The van der Waals surface area contributed by atoms with Crippen LogP contribution in [0, 0.1) is 5.92 Å². The molecule has 0 spiro atoms. The van der Waals surface area contributed by atoms with Crippen LogP contribution in [0.15, 0.2) is 0 Å². The Labute approximate surface area is 82.0 Å². The molecular weight excluding hydrogens is 162 g/mol. The summed E-state index contributed by atoms with van der Waals surface area (Å²) in [5.74, 6) is 0.736. The van der Waals surface area contributed by atoms with E-state index in [9.17, 15) is 0 Å². The molecule has 78 valence electrons. The summed E-state index contributed by atoms with van der Waals surface area (Å²) in [6.45, 7) is 8.73. The largest absolute Gasteiger partial charge is 0.377 e. The zero-order valence-corrected chi connectivity index (χ0v) is 9.18. The Morgan fingerprint density at radius 2 is 2.23 bits per heavy atom. The highest BCUT2D eigenvalue weighted by molar-refractivity contribution is 4.84. The predicted molar refractivity (Wildman–Crippen MR) is 55.9 cm³/mol. The van der Waals surface area contributed by atoms with Gasteiger partial charge in [0.2, 0.25) is 0 Å². The molecule has 0 amide bonds. The molecule has 0 aromatic heterocycles. The lowest BCUT2D eigenvalue weighted by Gasteiger charge is -2.14. The minimum absolute atomic E-state index is 0.471. The predicted octanol–water partition coefficient (Wildman–Crippen LogP) is 2.19. The fourth-order valence-electron chi connectivity index (χ4n) is 1.76. The van der Waals surface area contributed by atoms with E-state index in [1.807, 2.05) is 0 Å². The molecule has 2 nitrogen and oxygen atoms in total. The fourth-order valence-corrected chi connectivity index (χ4v) is 1.76. The van der Waals surface area contributed by atoms with Gasteiger partial charge in [-0.25, -0.2) is 0 Å². The summed E-state index contributed by atoms with van der Waals surface area (Å²) in [5.41, 5.74) is 0. The van der Waals surface area contributed by atoms with Crippen LogP contribution in [0.4, 0.5) is 0 Å². The molecule has 2 atom stereocenters. The molecule has 0 saturated carbocycles. The summed E-state index contributed by atoms with van der Waals surface area (Å²) >= 11 is 0. The van der Waals surface area contributed by atoms with Gasteiger partial charge in [0.05, 0.1) is 6.10 Å². The Morgan fingerprint density at radius 1 is 1.46 bits per heavy atom. The van der Waals surface area contributed by atoms with Crippen molar-refractivity contribution in [3.05, 3.63) is 0 Å². The zero-order valence-electron chi connectivity index (χ0n) is 9.18. The van der Waals surface area contributed by atoms with Crippen molar-refractivity contribution >= 4 is 0 Å². The van der Waals surface area contributed by atoms with Crippen LogP contribution in [0.3, 0.4) is 0 Å². The van der Waals surface area contributed by atoms with Gasteiger partial charge in [-0.3, -0.25) is 0 Å². The van der Waals surface area contributed by atoms with Crippen molar-refractivity contribution in [3.63, 3.8) is 0 Å². The summed E-state index contributed by atoms with van der Waals surface area (Å²) in [6, 6.07) is 0.673. The molecule has 1 aliphatic heterocycles. The smallest absolute Gasteiger partial charge is 0.0714 e. The van der Waals surface area contributed by atoms with E-state index in [0.717, 1.165) is 19.1 Å². The van der Waals surface area contributed by atoms with Crippen molar-refractivity contribution in [3.8, 4) is 0 Å². The third kappa shape index (κ3) is 3.65. The van der Waals surface area contributed by atoms with Gasteiger partial charge in [-0.1, -0.05) is 27.2 Å². The Bertz CT molecular complexity index is 136. The van der Waals surface area contributed by atoms with E-state index in [2.05, 4.69) is 26.1 Å². The first kappa shape index (κ1) is 11.0. The molecule has 0 aromatic carbocycles. The van der Waals surface area contributed by atoms with Crippen LogP contribution in [0.25, 0.3) is 0 Å². The van der Waals surface area contributed by atoms with Crippen LogP contribution < -0.4 is 5.32 Å². The van der Waals surface area contributed by atoms with Crippen molar-refractivity contribution in [1.29, 1.82) is 0 Å².